The molecule has 7 heteroatoms. The van der Waals surface area contributed by atoms with E-state index in [1.165, 1.54) is 11.0 Å². The smallest absolute Gasteiger partial charge is 0.265 e. The minimum atomic E-state index is -3.28. The van der Waals surface area contributed by atoms with Crippen molar-refractivity contribution < 1.29 is 17.9 Å². The number of hydrogen-bond donors (Lipinski definition) is 0. The van der Waals surface area contributed by atoms with Crippen LogP contribution in [-0.2, 0) is 14.6 Å². The summed E-state index contributed by atoms with van der Waals surface area (Å²) in [5.74, 6) is 0.0578. The Hall–Kier alpha value is -2.31. The zero-order chi connectivity index (χ0) is 17.9. The van der Waals surface area contributed by atoms with E-state index in [4.69, 9.17) is 16.3 Å². The molecule has 1 aliphatic rings. The molecule has 0 bridgehead atoms. The number of hydrogen-bond acceptors (Lipinski definition) is 4. The van der Waals surface area contributed by atoms with Gasteiger partial charge < -0.3 is 9.64 Å². The zero-order valence-corrected chi connectivity index (χ0v) is 14.8. The van der Waals surface area contributed by atoms with Crippen molar-refractivity contribution in [2.24, 2.45) is 0 Å². The number of halogens is 1. The van der Waals surface area contributed by atoms with Crippen LogP contribution < -0.4 is 9.64 Å². The van der Waals surface area contributed by atoms with Gasteiger partial charge in [-0.2, -0.15) is 0 Å². The highest BCUT2D eigenvalue weighted by molar-refractivity contribution is 7.94. The molecule has 5 nitrogen and oxygen atoms in total. The van der Waals surface area contributed by atoms with E-state index in [9.17, 15) is 13.2 Å². The number of para-hydroxylation sites is 1. The van der Waals surface area contributed by atoms with Gasteiger partial charge in [0.05, 0.1) is 11.8 Å². The number of carbonyl (C=O) groups is 1. The van der Waals surface area contributed by atoms with Crippen LogP contribution in [0.25, 0.3) is 0 Å². The molecule has 0 N–H and O–H groups in total. The van der Waals surface area contributed by atoms with Gasteiger partial charge in [-0.3, -0.25) is 4.79 Å². The van der Waals surface area contributed by atoms with Crippen molar-refractivity contribution in [3.05, 3.63) is 71.1 Å². The predicted octanol–water partition coefficient (Wildman–Crippen LogP) is 3.06. The van der Waals surface area contributed by atoms with Crippen LogP contribution in [0.2, 0.25) is 5.02 Å². The van der Waals surface area contributed by atoms with Gasteiger partial charge in [0.1, 0.15) is 5.75 Å². The maximum atomic E-state index is 12.7. The SMILES string of the molecule is O=C(COc1ccc(Cl)cc1)N(c1ccccc1)C1C=CS(=O)(=O)C1. The third-order valence-corrected chi connectivity index (χ3v) is 5.35. The molecule has 1 aliphatic heterocycles. The normalized spacial score (nSPS) is 18.0. The van der Waals surface area contributed by atoms with Crippen molar-refractivity contribution >= 4 is 33.0 Å². The molecule has 25 heavy (non-hydrogen) atoms. The first-order chi connectivity index (χ1) is 11.9. The number of nitrogens with zero attached hydrogens (tertiary/aromatic N) is 1. The van der Waals surface area contributed by atoms with Gasteiger partial charge in [-0.1, -0.05) is 29.8 Å². The van der Waals surface area contributed by atoms with Crippen molar-refractivity contribution in [1.29, 1.82) is 0 Å². The Kier molecular flexibility index (Phi) is 5.11. The fourth-order valence-electron chi connectivity index (χ4n) is 2.57. The number of amides is 1. The predicted molar refractivity (Wildman–Crippen MR) is 97.6 cm³/mol. The highest BCUT2D eigenvalue weighted by atomic mass is 35.5. The van der Waals surface area contributed by atoms with Crippen LogP contribution in [0.5, 0.6) is 5.75 Å². The van der Waals surface area contributed by atoms with E-state index >= 15 is 0 Å². The number of sulfone groups is 1. The second kappa shape index (κ2) is 7.29. The van der Waals surface area contributed by atoms with Crippen LogP contribution >= 0.6 is 11.6 Å². The third-order valence-electron chi connectivity index (χ3n) is 3.72. The van der Waals surface area contributed by atoms with Crippen molar-refractivity contribution in [3.8, 4) is 5.75 Å². The Labute approximate surface area is 151 Å². The van der Waals surface area contributed by atoms with E-state index in [-0.39, 0.29) is 18.3 Å². The van der Waals surface area contributed by atoms with Gasteiger partial charge in [-0.15, -0.1) is 0 Å². The lowest BCUT2D eigenvalue weighted by Crippen LogP contribution is -2.43. The Morgan fingerprint density at radius 3 is 2.40 bits per heavy atom. The van der Waals surface area contributed by atoms with Gasteiger partial charge in [-0.05, 0) is 42.5 Å². The largest absolute Gasteiger partial charge is 0.484 e. The average molecular weight is 378 g/mol. The summed E-state index contributed by atoms with van der Waals surface area (Å²) in [6.45, 7) is -0.207. The van der Waals surface area contributed by atoms with Gasteiger partial charge >= 0.3 is 0 Å². The average Bonchev–Trinajstić information content (AvgIpc) is 2.95. The zero-order valence-electron chi connectivity index (χ0n) is 13.2. The molecule has 0 fully saturated rings. The molecule has 1 amide bonds. The first kappa shape index (κ1) is 17.5. The van der Waals surface area contributed by atoms with Crippen LogP contribution in [0.4, 0.5) is 5.69 Å². The van der Waals surface area contributed by atoms with Crippen molar-refractivity contribution in [1.82, 2.24) is 0 Å². The summed E-state index contributed by atoms with van der Waals surface area (Å²) in [6.07, 6.45) is 1.53. The lowest BCUT2D eigenvalue weighted by atomic mass is 10.2. The lowest BCUT2D eigenvalue weighted by Gasteiger charge is -2.27. The van der Waals surface area contributed by atoms with Crippen LogP contribution in [0.3, 0.4) is 0 Å². The molecule has 0 saturated heterocycles. The Morgan fingerprint density at radius 1 is 1.12 bits per heavy atom. The van der Waals surface area contributed by atoms with E-state index in [0.29, 0.717) is 16.5 Å². The summed E-state index contributed by atoms with van der Waals surface area (Å²) in [6, 6.07) is 15.1. The van der Waals surface area contributed by atoms with E-state index < -0.39 is 15.9 Å². The van der Waals surface area contributed by atoms with E-state index in [1.807, 2.05) is 6.07 Å². The molecule has 2 aromatic carbocycles. The topological polar surface area (TPSA) is 63.7 Å². The van der Waals surface area contributed by atoms with Crippen LogP contribution in [0.1, 0.15) is 0 Å². The van der Waals surface area contributed by atoms with Crippen LogP contribution in [0.15, 0.2) is 66.1 Å². The van der Waals surface area contributed by atoms with E-state index in [0.717, 1.165) is 5.41 Å². The fraction of sp³-hybridized carbons (Fsp3) is 0.167. The van der Waals surface area contributed by atoms with Crippen LogP contribution in [-0.4, -0.2) is 32.7 Å². The fourth-order valence-corrected chi connectivity index (χ4v) is 3.97. The van der Waals surface area contributed by atoms with Crippen molar-refractivity contribution in [2.45, 2.75) is 6.04 Å². The number of anilines is 1. The van der Waals surface area contributed by atoms with Crippen molar-refractivity contribution in [2.75, 3.05) is 17.3 Å². The first-order valence-electron chi connectivity index (χ1n) is 7.61. The van der Waals surface area contributed by atoms with Crippen molar-refractivity contribution in [3.63, 3.8) is 0 Å². The van der Waals surface area contributed by atoms with E-state index in [1.54, 1.807) is 48.5 Å². The third kappa shape index (κ3) is 4.41. The summed E-state index contributed by atoms with van der Waals surface area (Å²) in [7, 11) is -3.28. The van der Waals surface area contributed by atoms with Gasteiger partial charge in [-0.25, -0.2) is 8.42 Å². The molecular formula is C18H16ClNO4S. The number of benzene rings is 2. The number of rotatable bonds is 5. The standard InChI is InChI=1S/C18H16ClNO4S/c19-14-6-8-17(9-7-14)24-12-18(21)20(15-4-2-1-3-5-15)16-10-11-25(22,23)13-16/h1-11,16H,12-13H2. The number of carbonyl (C=O) groups excluding carboxylic acids is 1. The molecule has 1 heterocycles. The molecule has 0 aliphatic carbocycles. The Morgan fingerprint density at radius 2 is 1.80 bits per heavy atom. The van der Waals surface area contributed by atoms with Gasteiger partial charge in [0.2, 0.25) is 0 Å². The molecule has 0 saturated carbocycles. The minimum Gasteiger partial charge on any atom is -0.484 e. The highest BCUT2D eigenvalue weighted by Gasteiger charge is 2.31. The van der Waals surface area contributed by atoms with Gasteiger partial charge in [0.15, 0.2) is 16.4 Å². The first-order valence-corrected chi connectivity index (χ1v) is 9.70. The Bertz CT molecular complexity index is 879. The summed E-state index contributed by atoms with van der Waals surface area (Å²) >= 11 is 5.82. The maximum absolute atomic E-state index is 12.7. The molecule has 1 unspecified atom stereocenters. The van der Waals surface area contributed by atoms with Crippen LogP contribution in [0, 0.1) is 0 Å². The molecule has 1 atom stereocenters. The molecule has 130 valence electrons. The summed E-state index contributed by atoms with van der Waals surface area (Å²) < 4.78 is 29.0. The molecule has 0 spiro atoms. The minimum absolute atomic E-state index is 0.130. The second-order valence-corrected chi connectivity index (χ2v) is 7.93. The van der Waals surface area contributed by atoms with Gasteiger partial charge in [0.25, 0.3) is 5.91 Å². The maximum Gasteiger partial charge on any atom is 0.265 e. The Balaban J connectivity index is 1.78. The summed E-state index contributed by atoms with van der Waals surface area (Å²) in [4.78, 5) is 14.2. The summed E-state index contributed by atoms with van der Waals surface area (Å²) in [5, 5.41) is 1.73. The molecule has 3 rings (SSSR count). The van der Waals surface area contributed by atoms with E-state index in [2.05, 4.69) is 0 Å². The molecule has 0 radical (unpaired) electrons. The number of ether oxygens (including phenoxy) is 1. The summed E-state index contributed by atoms with van der Waals surface area (Å²) in [5.41, 5.74) is 0.624. The monoisotopic (exact) mass is 377 g/mol. The van der Waals surface area contributed by atoms with Gasteiger partial charge in [0, 0.05) is 16.1 Å². The molecule has 0 aromatic heterocycles. The molecular weight excluding hydrogens is 362 g/mol. The molecule has 2 aromatic rings. The highest BCUT2D eigenvalue weighted by Crippen LogP contribution is 2.23. The second-order valence-electron chi connectivity index (χ2n) is 5.57. The quantitative estimate of drug-likeness (QED) is 0.803. The lowest BCUT2D eigenvalue weighted by molar-refractivity contribution is -0.120.